The summed E-state index contributed by atoms with van der Waals surface area (Å²) in [5, 5.41) is 14.8. The number of urea groups is 1. The number of furan rings is 1. The highest BCUT2D eigenvalue weighted by atomic mass is 16.5. The minimum Gasteiger partial charge on any atom is -0.480 e. The van der Waals surface area contributed by atoms with Crippen LogP contribution < -0.4 is 10.6 Å². The van der Waals surface area contributed by atoms with E-state index in [9.17, 15) is 9.59 Å². The Morgan fingerprint density at radius 3 is 2.69 bits per heavy atom. The highest BCUT2D eigenvalue weighted by Gasteiger charge is 2.35. The number of hydrogen-bond donors (Lipinski definition) is 3. The van der Waals surface area contributed by atoms with E-state index in [0.29, 0.717) is 25.3 Å². The molecule has 1 unspecified atom stereocenters. The smallest absolute Gasteiger partial charge is 0.317 e. The monoisotopic (exact) mass is 367 g/mol. The summed E-state index contributed by atoms with van der Waals surface area (Å²) in [6.07, 6.45) is 2.14. The van der Waals surface area contributed by atoms with Crippen LogP contribution in [-0.2, 0) is 9.53 Å². The summed E-state index contributed by atoms with van der Waals surface area (Å²) >= 11 is 0. The average molecular weight is 367 g/mol. The van der Waals surface area contributed by atoms with Crippen molar-refractivity contribution in [1.29, 1.82) is 0 Å². The summed E-state index contributed by atoms with van der Waals surface area (Å²) in [5.74, 6) is 0.681. The van der Waals surface area contributed by atoms with Gasteiger partial charge in [0.1, 0.15) is 11.5 Å². The second-order valence-electron chi connectivity index (χ2n) is 6.68. The first kappa shape index (κ1) is 20.3. The number of carboxylic acids is 1. The predicted molar refractivity (Wildman–Crippen MR) is 96.0 cm³/mol. The lowest BCUT2D eigenvalue weighted by molar-refractivity contribution is -0.139. The number of likely N-dealkylation sites (N-methyl/N-ethyl adjacent to an activating group) is 1. The number of rotatable bonds is 10. The molecule has 2 amide bonds. The number of methoxy groups -OCH3 is 1. The highest BCUT2D eigenvalue weighted by molar-refractivity contribution is 5.75. The van der Waals surface area contributed by atoms with Gasteiger partial charge in [-0.05, 0) is 44.9 Å². The molecule has 1 heterocycles. The summed E-state index contributed by atoms with van der Waals surface area (Å²) < 4.78 is 10.7. The van der Waals surface area contributed by atoms with Crippen molar-refractivity contribution in [1.82, 2.24) is 15.5 Å². The quantitative estimate of drug-likeness (QED) is 0.583. The van der Waals surface area contributed by atoms with Crippen molar-refractivity contribution in [3.05, 3.63) is 23.7 Å². The maximum atomic E-state index is 12.3. The summed E-state index contributed by atoms with van der Waals surface area (Å²) in [7, 11) is 1.62. The molecule has 0 bridgehead atoms. The molecule has 26 heavy (non-hydrogen) atoms. The number of ether oxygens (including phenoxy) is 1. The fraction of sp³-hybridized carbons (Fsp3) is 0.667. The van der Waals surface area contributed by atoms with Gasteiger partial charge in [0, 0.05) is 25.8 Å². The Bertz CT molecular complexity index is 597. The summed E-state index contributed by atoms with van der Waals surface area (Å²) in [4.78, 5) is 25.1. The van der Waals surface area contributed by atoms with E-state index in [-0.39, 0.29) is 30.7 Å². The largest absolute Gasteiger partial charge is 0.480 e. The van der Waals surface area contributed by atoms with E-state index in [4.69, 9.17) is 14.3 Å². The maximum absolute atomic E-state index is 12.3. The van der Waals surface area contributed by atoms with Crippen LogP contribution in [0.2, 0.25) is 0 Å². The molecule has 8 heteroatoms. The minimum absolute atomic E-state index is 0.0387. The molecule has 0 radical (unpaired) electrons. The molecule has 1 aromatic heterocycles. The molecule has 1 aliphatic carbocycles. The molecule has 0 spiro atoms. The van der Waals surface area contributed by atoms with Gasteiger partial charge in [-0.1, -0.05) is 6.92 Å². The number of carbonyl (C=O) groups excluding carboxylic acids is 1. The van der Waals surface area contributed by atoms with Gasteiger partial charge >= 0.3 is 12.0 Å². The molecule has 1 aromatic rings. The van der Waals surface area contributed by atoms with Crippen LogP contribution in [0.3, 0.4) is 0 Å². The Balaban J connectivity index is 1.81. The molecule has 3 N–H and O–H groups in total. The molecular formula is C18H29N3O5. The number of aryl methyl sites for hydroxylation is 1. The van der Waals surface area contributed by atoms with Crippen molar-refractivity contribution in [3.63, 3.8) is 0 Å². The Kier molecular flexibility index (Phi) is 7.47. The lowest BCUT2D eigenvalue weighted by Gasteiger charge is -2.42. The van der Waals surface area contributed by atoms with Gasteiger partial charge < -0.3 is 24.9 Å². The van der Waals surface area contributed by atoms with E-state index in [0.717, 1.165) is 18.6 Å². The lowest BCUT2D eigenvalue weighted by Crippen LogP contribution is -2.56. The summed E-state index contributed by atoms with van der Waals surface area (Å²) in [5.41, 5.74) is 0. The SMILES string of the molecule is CCN(CC(=O)O)C1CC(NC(=O)NC(CCOC)c2ccc(C)o2)C1. The second kappa shape index (κ2) is 9.59. The molecule has 1 saturated carbocycles. The zero-order chi connectivity index (χ0) is 19.1. The third kappa shape index (κ3) is 5.74. The van der Waals surface area contributed by atoms with Crippen molar-refractivity contribution in [3.8, 4) is 0 Å². The minimum atomic E-state index is -0.823. The molecule has 146 valence electrons. The Morgan fingerprint density at radius 2 is 2.15 bits per heavy atom. The number of hydrogen-bond acceptors (Lipinski definition) is 5. The molecule has 0 aliphatic heterocycles. The van der Waals surface area contributed by atoms with Crippen molar-refractivity contribution >= 4 is 12.0 Å². The number of carboxylic acid groups (broad SMARTS) is 1. The van der Waals surface area contributed by atoms with Crippen molar-refractivity contribution < 1.29 is 23.8 Å². The topological polar surface area (TPSA) is 104 Å². The Labute approximate surface area is 153 Å². The lowest BCUT2D eigenvalue weighted by atomic mass is 9.85. The zero-order valence-corrected chi connectivity index (χ0v) is 15.7. The highest BCUT2D eigenvalue weighted by Crippen LogP contribution is 2.26. The van der Waals surface area contributed by atoms with Gasteiger partial charge in [-0.15, -0.1) is 0 Å². The van der Waals surface area contributed by atoms with Gasteiger partial charge in [0.15, 0.2) is 0 Å². The first-order chi connectivity index (χ1) is 12.4. The fourth-order valence-electron chi connectivity index (χ4n) is 3.22. The molecule has 1 atom stereocenters. The first-order valence-electron chi connectivity index (χ1n) is 9.01. The zero-order valence-electron chi connectivity index (χ0n) is 15.7. The van der Waals surface area contributed by atoms with E-state index >= 15 is 0 Å². The van der Waals surface area contributed by atoms with E-state index in [2.05, 4.69) is 10.6 Å². The Hall–Kier alpha value is -2.06. The molecule has 8 nitrogen and oxygen atoms in total. The van der Waals surface area contributed by atoms with E-state index in [1.807, 2.05) is 30.9 Å². The number of nitrogens with zero attached hydrogens (tertiary/aromatic N) is 1. The van der Waals surface area contributed by atoms with E-state index in [1.54, 1.807) is 7.11 Å². The molecule has 0 aromatic carbocycles. The maximum Gasteiger partial charge on any atom is 0.317 e. The van der Waals surface area contributed by atoms with Gasteiger partial charge in [0.25, 0.3) is 0 Å². The molecular weight excluding hydrogens is 338 g/mol. The van der Waals surface area contributed by atoms with Gasteiger partial charge in [0.2, 0.25) is 0 Å². The molecule has 2 rings (SSSR count). The van der Waals surface area contributed by atoms with Gasteiger partial charge in [-0.2, -0.15) is 0 Å². The number of carbonyl (C=O) groups is 2. The van der Waals surface area contributed by atoms with Crippen LogP contribution in [0.15, 0.2) is 16.5 Å². The first-order valence-corrected chi connectivity index (χ1v) is 9.01. The summed E-state index contributed by atoms with van der Waals surface area (Å²) in [6.45, 7) is 5.05. The van der Waals surface area contributed by atoms with Gasteiger partial charge in [-0.25, -0.2) is 4.79 Å². The summed E-state index contributed by atoms with van der Waals surface area (Å²) in [6, 6.07) is 3.50. The van der Waals surface area contributed by atoms with Crippen molar-refractivity contribution in [2.45, 2.75) is 51.2 Å². The third-order valence-electron chi connectivity index (χ3n) is 4.73. The van der Waals surface area contributed by atoms with Gasteiger partial charge in [0.05, 0.1) is 12.6 Å². The standard InChI is InChI=1S/C18H29N3O5/c1-4-21(11-17(22)23)14-9-13(10-14)19-18(24)20-15(7-8-25-3)16-6-5-12(2)26-16/h5-6,13-15H,4,7-11H2,1-3H3,(H,22,23)(H2,19,20,24). The van der Waals surface area contributed by atoms with E-state index in [1.165, 1.54) is 0 Å². The van der Waals surface area contributed by atoms with Crippen LogP contribution in [0.1, 0.15) is 43.7 Å². The average Bonchev–Trinajstić information content (AvgIpc) is 2.98. The third-order valence-corrected chi connectivity index (χ3v) is 4.73. The van der Waals surface area contributed by atoms with Crippen LogP contribution in [0.5, 0.6) is 0 Å². The molecule has 1 fully saturated rings. The van der Waals surface area contributed by atoms with Crippen molar-refractivity contribution in [2.75, 3.05) is 26.8 Å². The number of amides is 2. The molecule has 0 saturated heterocycles. The van der Waals surface area contributed by atoms with Crippen LogP contribution in [0, 0.1) is 6.92 Å². The molecule has 1 aliphatic rings. The Morgan fingerprint density at radius 1 is 1.42 bits per heavy atom. The van der Waals surface area contributed by atoms with Crippen LogP contribution in [0.4, 0.5) is 4.79 Å². The number of aliphatic carboxylic acids is 1. The second-order valence-corrected chi connectivity index (χ2v) is 6.68. The van der Waals surface area contributed by atoms with Gasteiger partial charge in [-0.3, -0.25) is 9.69 Å². The van der Waals surface area contributed by atoms with Crippen molar-refractivity contribution in [2.24, 2.45) is 0 Å². The number of nitrogens with one attached hydrogen (secondary N) is 2. The van der Waals surface area contributed by atoms with Crippen LogP contribution in [-0.4, -0.2) is 60.9 Å². The van der Waals surface area contributed by atoms with Crippen LogP contribution >= 0.6 is 0 Å². The van der Waals surface area contributed by atoms with Crippen LogP contribution in [0.25, 0.3) is 0 Å². The normalized spacial score (nSPS) is 20.5. The van der Waals surface area contributed by atoms with E-state index < -0.39 is 5.97 Å². The predicted octanol–water partition coefficient (Wildman–Crippen LogP) is 1.90. The fourth-order valence-corrected chi connectivity index (χ4v) is 3.22.